The van der Waals surface area contributed by atoms with Gasteiger partial charge in [0.05, 0.1) is 0 Å². The van der Waals surface area contributed by atoms with E-state index >= 15 is 4.39 Å². The molecule has 0 aliphatic heterocycles. The molecular weight excluding hydrogens is 254 g/mol. The molecule has 0 amide bonds. The van der Waals surface area contributed by atoms with Crippen LogP contribution in [0.3, 0.4) is 0 Å². The first kappa shape index (κ1) is 14.8. The molecule has 0 saturated heterocycles. The Morgan fingerprint density at radius 1 is 0.650 bits per heavy atom. The van der Waals surface area contributed by atoms with E-state index in [-0.39, 0.29) is 23.7 Å². The molecule has 3 aliphatic rings. The molecule has 0 aromatic carbocycles. The van der Waals surface area contributed by atoms with Crippen molar-refractivity contribution in [3.63, 3.8) is 0 Å². The highest BCUT2D eigenvalue weighted by Gasteiger charge is 2.54. The van der Waals surface area contributed by atoms with Gasteiger partial charge in [0.15, 0.2) is 0 Å². The normalized spacial score (nSPS) is 59.7. The van der Waals surface area contributed by atoms with Crippen LogP contribution in [0.5, 0.6) is 0 Å². The maximum absolute atomic E-state index is 15.0. The van der Waals surface area contributed by atoms with E-state index in [2.05, 4.69) is 20.8 Å². The zero-order valence-electron chi connectivity index (χ0n) is 13.4. The summed E-state index contributed by atoms with van der Waals surface area (Å²) in [6.45, 7) is 8.36. The van der Waals surface area contributed by atoms with Crippen molar-refractivity contribution in [3.8, 4) is 0 Å². The number of fused-ring (bicyclic) bond motifs is 3. The highest BCUT2D eigenvalue weighted by molar-refractivity contribution is 5.02. The van der Waals surface area contributed by atoms with E-state index in [1.54, 1.807) is 0 Å². The maximum Gasteiger partial charge on any atom is 0.106 e. The highest BCUT2D eigenvalue weighted by Crippen LogP contribution is 2.57. The van der Waals surface area contributed by atoms with Gasteiger partial charge < -0.3 is 0 Å². The van der Waals surface area contributed by atoms with Crippen LogP contribution in [0.25, 0.3) is 0 Å². The Bertz CT molecular complexity index is 317. The van der Waals surface area contributed by atoms with Crippen LogP contribution in [0.2, 0.25) is 0 Å². The zero-order valence-corrected chi connectivity index (χ0v) is 13.4. The van der Waals surface area contributed by atoms with Gasteiger partial charge in [-0.15, -0.1) is 0 Å². The van der Waals surface area contributed by atoms with E-state index < -0.39 is 12.3 Å². The molecule has 0 aromatic rings. The predicted molar refractivity (Wildman–Crippen MR) is 78.9 cm³/mol. The van der Waals surface area contributed by atoms with Crippen molar-refractivity contribution >= 4 is 0 Å². The SMILES string of the molecule is CC1CC2CCC3CC(C)C(F)C(C)C3C2C(F)C1C. The third-order valence-corrected chi connectivity index (χ3v) is 7.21. The Balaban J connectivity index is 1.88. The Kier molecular flexibility index (Phi) is 3.88. The van der Waals surface area contributed by atoms with E-state index in [1.807, 2.05) is 6.92 Å². The lowest BCUT2D eigenvalue weighted by Crippen LogP contribution is -2.54. The molecule has 3 aliphatic carbocycles. The molecule has 10 atom stereocenters. The van der Waals surface area contributed by atoms with Crippen molar-refractivity contribution in [1.82, 2.24) is 0 Å². The Morgan fingerprint density at radius 3 is 1.85 bits per heavy atom. The van der Waals surface area contributed by atoms with Crippen LogP contribution in [0, 0.1) is 47.3 Å². The summed E-state index contributed by atoms with van der Waals surface area (Å²) in [6.07, 6.45) is 3.10. The van der Waals surface area contributed by atoms with Gasteiger partial charge >= 0.3 is 0 Å². The maximum atomic E-state index is 15.0. The number of rotatable bonds is 0. The Hall–Kier alpha value is -0.140. The largest absolute Gasteiger partial charge is 0.247 e. The molecule has 20 heavy (non-hydrogen) atoms. The van der Waals surface area contributed by atoms with Gasteiger partial charge in [0.25, 0.3) is 0 Å². The zero-order chi connectivity index (χ0) is 14.6. The molecule has 0 heterocycles. The summed E-state index contributed by atoms with van der Waals surface area (Å²) < 4.78 is 29.5. The summed E-state index contributed by atoms with van der Waals surface area (Å²) in [7, 11) is 0. The summed E-state index contributed by atoms with van der Waals surface area (Å²) in [5, 5.41) is 0. The minimum Gasteiger partial charge on any atom is -0.247 e. The van der Waals surface area contributed by atoms with Crippen LogP contribution < -0.4 is 0 Å². The molecule has 3 fully saturated rings. The van der Waals surface area contributed by atoms with Gasteiger partial charge in [-0.25, -0.2) is 8.78 Å². The quantitative estimate of drug-likeness (QED) is 0.568. The van der Waals surface area contributed by atoms with Gasteiger partial charge in [-0.3, -0.25) is 0 Å². The van der Waals surface area contributed by atoms with Gasteiger partial charge in [-0.1, -0.05) is 27.7 Å². The second kappa shape index (κ2) is 5.25. The number of hydrogen-bond donors (Lipinski definition) is 0. The number of halogens is 2. The van der Waals surface area contributed by atoms with Crippen molar-refractivity contribution < 1.29 is 8.78 Å². The van der Waals surface area contributed by atoms with E-state index in [1.165, 1.54) is 12.8 Å². The molecule has 2 heteroatoms. The minimum atomic E-state index is -0.725. The fraction of sp³-hybridized carbons (Fsp3) is 1.00. The fourth-order valence-electron chi connectivity index (χ4n) is 5.94. The Morgan fingerprint density at radius 2 is 1.20 bits per heavy atom. The lowest BCUT2D eigenvalue weighted by molar-refractivity contribution is -0.111. The molecule has 0 spiro atoms. The van der Waals surface area contributed by atoms with Gasteiger partial charge in [0.2, 0.25) is 0 Å². The number of hydrogen-bond acceptors (Lipinski definition) is 0. The average Bonchev–Trinajstić information content (AvgIpc) is 2.42. The molecule has 3 rings (SSSR count). The van der Waals surface area contributed by atoms with Gasteiger partial charge in [0, 0.05) is 0 Å². The second-order valence-electron chi connectivity index (χ2n) is 8.29. The molecule has 3 saturated carbocycles. The van der Waals surface area contributed by atoms with Gasteiger partial charge in [-0.05, 0) is 73.0 Å². The van der Waals surface area contributed by atoms with Crippen LogP contribution in [0.1, 0.15) is 53.4 Å². The van der Waals surface area contributed by atoms with Crippen molar-refractivity contribution in [2.45, 2.75) is 65.7 Å². The molecule has 10 unspecified atom stereocenters. The van der Waals surface area contributed by atoms with E-state index in [0.717, 1.165) is 12.8 Å². The lowest BCUT2D eigenvalue weighted by Gasteiger charge is -2.55. The minimum absolute atomic E-state index is 0.0513. The fourth-order valence-corrected chi connectivity index (χ4v) is 5.94. The van der Waals surface area contributed by atoms with Gasteiger partial charge in [-0.2, -0.15) is 0 Å². The molecule has 0 aromatic heterocycles. The molecule has 0 radical (unpaired) electrons. The average molecular weight is 284 g/mol. The molecule has 0 N–H and O–H groups in total. The summed E-state index contributed by atoms with van der Waals surface area (Å²) in [5.74, 6) is 2.39. The van der Waals surface area contributed by atoms with Gasteiger partial charge in [0.1, 0.15) is 12.3 Å². The van der Waals surface area contributed by atoms with Crippen LogP contribution in [0.4, 0.5) is 8.78 Å². The van der Waals surface area contributed by atoms with Crippen molar-refractivity contribution in [2.24, 2.45) is 47.3 Å². The van der Waals surface area contributed by atoms with Crippen LogP contribution in [0.15, 0.2) is 0 Å². The molecule has 0 bridgehead atoms. The highest BCUT2D eigenvalue weighted by atomic mass is 19.1. The standard InChI is InChI=1S/C18H30F2/c1-9-7-14-6-5-13-8-10(2)17(19)12(4)15(13)16(14)18(20)11(9)3/h9-18H,5-8H2,1-4H3. The van der Waals surface area contributed by atoms with E-state index in [9.17, 15) is 4.39 Å². The second-order valence-corrected chi connectivity index (χ2v) is 8.29. The topological polar surface area (TPSA) is 0 Å². The van der Waals surface area contributed by atoms with Crippen molar-refractivity contribution in [1.29, 1.82) is 0 Å². The molecular formula is C18H30F2. The molecule has 0 nitrogen and oxygen atoms in total. The van der Waals surface area contributed by atoms with Crippen LogP contribution >= 0.6 is 0 Å². The molecule has 116 valence electrons. The summed E-state index contributed by atoms with van der Waals surface area (Å²) in [4.78, 5) is 0. The predicted octanol–water partition coefficient (Wildman–Crippen LogP) is 5.27. The third-order valence-electron chi connectivity index (χ3n) is 7.21. The first-order valence-corrected chi connectivity index (χ1v) is 8.70. The first-order valence-electron chi connectivity index (χ1n) is 8.70. The first-order chi connectivity index (χ1) is 9.41. The van der Waals surface area contributed by atoms with Crippen LogP contribution in [-0.4, -0.2) is 12.3 Å². The Labute approximate surface area is 122 Å². The number of alkyl halides is 2. The van der Waals surface area contributed by atoms with E-state index in [0.29, 0.717) is 23.7 Å². The smallest absolute Gasteiger partial charge is 0.106 e. The van der Waals surface area contributed by atoms with Crippen molar-refractivity contribution in [3.05, 3.63) is 0 Å². The van der Waals surface area contributed by atoms with Crippen molar-refractivity contribution in [2.75, 3.05) is 0 Å². The van der Waals surface area contributed by atoms with Crippen LogP contribution in [-0.2, 0) is 0 Å². The summed E-state index contributed by atoms with van der Waals surface area (Å²) >= 11 is 0. The van der Waals surface area contributed by atoms with E-state index in [4.69, 9.17) is 0 Å². The lowest BCUT2D eigenvalue weighted by atomic mass is 9.50. The summed E-state index contributed by atoms with van der Waals surface area (Å²) in [5.41, 5.74) is 0. The monoisotopic (exact) mass is 284 g/mol. The summed E-state index contributed by atoms with van der Waals surface area (Å²) in [6, 6.07) is 0. The third kappa shape index (κ3) is 2.13.